The van der Waals surface area contributed by atoms with E-state index in [2.05, 4.69) is 37.3 Å². The van der Waals surface area contributed by atoms with E-state index in [0.29, 0.717) is 6.54 Å². The zero-order chi connectivity index (χ0) is 17.6. The Kier molecular flexibility index (Phi) is 5.33. The van der Waals surface area contributed by atoms with Gasteiger partial charge in [-0.15, -0.1) is 0 Å². The van der Waals surface area contributed by atoms with Crippen molar-refractivity contribution in [1.82, 2.24) is 25.1 Å². The number of nitrogens with one attached hydrogen (secondary N) is 2. The van der Waals surface area contributed by atoms with Gasteiger partial charge in [0.25, 0.3) is 0 Å². The molecule has 2 N–H and O–H groups in total. The molecule has 0 bridgehead atoms. The first-order chi connectivity index (χ1) is 12.2. The molecule has 132 valence electrons. The summed E-state index contributed by atoms with van der Waals surface area (Å²) in [5.41, 5.74) is 2.12. The molecule has 1 amide bonds. The van der Waals surface area contributed by atoms with Crippen LogP contribution in [0, 0.1) is 0 Å². The lowest BCUT2D eigenvalue weighted by Crippen LogP contribution is -2.53. The van der Waals surface area contributed by atoms with Crippen LogP contribution in [0.2, 0.25) is 0 Å². The summed E-state index contributed by atoms with van der Waals surface area (Å²) in [6.45, 7) is 5.22. The fraction of sp³-hybridized carbons (Fsp3) is 0.389. The number of amides is 1. The summed E-state index contributed by atoms with van der Waals surface area (Å²) < 4.78 is 0. The molecule has 3 rings (SSSR count). The minimum atomic E-state index is 0.131. The van der Waals surface area contributed by atoms with E-state index < -0.39 is 0 Å². The van der Waals surface area contributed by atoms with Crippen molar-refractivity contribution < 1.29 is 4.79 Å². The Labute approximate surface area is 147 Å². The first kappa shape index (κ1) is 17.0. The second kappa shape index (κ2) is 7.83. The molecular formula is C18H24N6O. The first-order valence-electron chi connectivity index (χ1n) is 8.48. The molecule has 7 heteroatoms. The van der Waals surface area contributed by atoms with Crippen molar-refractivity contribution in [2.45, 2.75) is 13.5 Å². The lowest BCUT2D eigenvalue weighted by molar-refractivity contribution is -0.130. The number of carbonyl (C=O) groups is 1. The highest BCUT2D eigenvalue weighted by molar-refractivity contribution is 5.80. The van der Waals surface area contributed by atoms with E-state index in [1.807, 2.05) is 29.3 Å². The molecule has 2 heterocycles. The fourth-order valence-corrected chi connectivity index (χ4v) is 2.94. The highest BCUT2D eigenvalue weighted by atomic mass is 16.2. The van der Waals surface area contributed by atoms with Gasteiger partial charge in [0, 0.05) is 40.2 Å². The zero-order valence-corrected chi connectivity index (χ0v) is 14.7. The predicted molar refractivity (Wildman–Crippen MR) is 98.0 cm³/mol. The molecule has 0 spiro atoms. The van der Waals surface area contributed by atoms with Gasteiger partial charge in [0.2, 0.25) is 5.91 Å². The van der Waals surface area contributed by atoms with Gasteiger partial charge < -0.3 is 20.1 Å². The van der Waals surface area contributed by atoms with Crippen molar-refractivity contribution in [3.05, 3.63) is 42.4 Å². The Balaban J connectivity index is 1.56. The van der Waals surface area contributed by atoms with Crippen molar-refractivity contribution in [3.8, 4) is 11.3 Å². The quantitative estimate of drug-likeness (QED) is 0.653. The monoisotopic (exact) mass is 340 g/mol. The number of hydrogen-bond acceptors (Lipinski definition) is 3. The van der Waals surface area contributed by atoms with Crippen LogP contribution in [-0.2, 0) is 11.3 Å². The van der Waals surface area contributed by atoms with Crippen molar-refractivity contribution in [2.24, 2.45) is 4.99 Å². The molecule has 25 heavy (non-hydrogen) atoms. The number of H-pyrrole nitrogens is 1. The topological polar surface area (TPSA) is 76.6 Å². The number of aromatic amines is 1. The van der Waals surface area contributed by atoms with Gasteiger partial charge in [0.05, 0.1) is 18.4 Å². The first-order valence-corrected chi connectivity index (χ1v) is 8.48. The lowest BCUT2D eigenvalue weighted by Gasteiger charge is -2.36. The number of hydrogen-bond donors (Lipinski definition) is 2. The smallest absolute Gasteiger partial charge is 0.219 e. The van der Waals surface area contributed by atoms with Gasteiger partial charge in [-0.05, 0) is 5.56 Å². The molecule has 1 aromatic carbocycles. The third-order valence-corrected chi connectivity index (χ3v) is 4.36. The minimum Gasteiger partial charge on any atom is -0.349 e. The van der Waals surface area contributed by atoms with Crippen LogP contribution in [0.3, 0.4) is 0 Å². The number of guanidine groups is 1. The summed E-state index contributed by atoms with van der Waals surface area (Å²) in [5.74, 6) is 1.83. The number of carbonyl (C=O) groups excluding carboxylic acids is 1. The standard InChI is InChI=1S/C18H24N6O/c1-14(25)23-8-10-24(11-9-23)18(19-2)21-13-17-20-12-16(22-17)15-6-4-3-5-7-15/h3-7,12H,8-11,13H2,1-2H3,(H,19,21)(H,20,22). The number of imidazole rings is 1. The molecule has 1 aliphatic rings. The largest absolute Gasteiger partial charge is 0.349 e. The van der Waals surface area contributed by atoms with E-state index in [9.17, 15) is 4.79 Å². The van der Waals surface area contributed by atoms with Gasteiger partial charge in [-0.1, -0.05) is 30.3 Å². The Morgan fingerprint density at radius 2 is 1.88 bits per heavy atom. The Morgan fingerprint density at radius 1 is 1.20 bits per heavy atom. The van der Waals surface area contributed by atoms with Crippen molar-refractivity contribution in [1.29, 1.82) is 0 Å². The molecular weight excluding hydrogens is 316 g/mol. The Morgan fingerprint density at radius 3 is 2.52 bits per heavy atom. The lowest BCUT2D eigenvalue weighted by atomic mass is 10.2. The molecule has 1 aromatic heterocycles. The Hall–Kier alpha value is -2.83. The second-order valence-corrected chi connectivity index (χ2v) is 6.00. The van der Waals surface area contributed by atoms with Crippen LogP contribution in [0.4, 0.5) is 0 Å². The van der Waals surface area contributed by atoms with Gasteiger partial charge in [-0.3, -0.25) is 9.79 Å². The van der Waals surface area contributed by atoms with Crippen molar-refractivity contribution in [2.75, 3.05) is 33.2 Å². The molecule has 0 radical (unpaired) electrons. The third-order valence-electron chi connectivity index (χ3n) is 4.36. The van der Waals surface area contributed by atoms with Crippen LogP contribution in [0.5, 0.6) is 0 Å². The maximum atomic E-state index is 11.4. The summed E-state index contributed by atoms with van der Waals surface area (Å²) in [6.07, 6.45) is 1.85. The molecule has 1 aliphatic heterocycles. The van der Waals surface area contributed by atoms with E-state index in [1.165, 1.54) is 0 Å². The average Bonchev–Trinajstić information content (AvgIpc) is 3.12. The molecule has 7 nitrogen and oxygen atoms in total. The van der Waals surface area contributed by atoms with Gasteiger partial charge in [0.1, 0.15) is 5.82 Å². The maximum Gasteiger partial charge on any atom is 0.219 e. The summed E-state index contributed by atoms with van der Waals surface area (Å²) in [7, 11) is 1.78. The normalized spacial score (nSPS) is 15.4. The van der Waals surface area contributed by atoms with Gasteiger partial charge >= 0.3 is 0 Å². The van der Waals surface area contributed by atoms with Crippen molar-refractivity contribution in [3.63, 3.8) is 0 Å². The zero-order valence-electron chi connectivity index (χ0n) is 14.7. The molecule has 0 unspecified atom stereocenters. The molecule has 1 saturated heterocycles. The van der Waals surface area contributed by atoms with Gasteiger partial charge in [0.15, 0.2) is 5.96 Å². The number of aromatic nitrogens is 2. The van der Waals surface area contributed by atoms with E-state index in [0.717, 1.165) is 49.2 Å². The number of rotatable bonds is 3. The highest BCUT2D eigenvalue weighted by Crippen LogP contribution is 2.15. The van der Waals surface area contributed by atoms with E-state index >= 15 is 0 Å². The van der Waals surface area contributed by atoms with Crippen molar-refractivity contribution >= 4 is 11.9 Å². The number of nitrogens with zero attached hydrogens (tertiary/aromatic N) is 4. The molecule has 0 aliphatic carbocycles. The predicted octanol–water partition coefficient (Wildman–Crippen LogP) is 1.32. The molecule has 0 saturated carbocycles. The maximum absolute atomic E-state index is 11.4. The van der Waals surface area contributed by atoms with E-state index in [1.54, 1.807) is 14.0 Å². The second-order valence-electron chi connectivity index (χ2n) is 6.00. The molecule has 0 atom stereocenters. The number of piperazine rings is 1. The van der Waals surface area contributed by atoms with Crippen LogP contribution in [-0.4, -0.2) is 64.9 Å². The van der Waals surface area contributed by atoms with Crippen LogP contribution < -0.4 is 5.32 Å². The average molecular weight is 340 g/mol. The van der Waals surface area contributed by atoms with Gasteiger partial charge in [-0.2, -0.15) is 0 Å². The van der Waals surface area contributed by atoms with Crippen LogP contribution >= 0.6 is 0 Å². The van der Waals surface area contributed by atoms with E-state index in [-0.39, 0.29) is 5.91 Å². The fourth-order valence-electron chi connectivity index (χ4n) is 2.94. The van der Waals surface area contributed by atoms with E-state index in [4.69, 9.17) is 0 Å². The van der Waals surface area contributed by atoms with Gasteiger partial charge in [-0.25, -0.2) is 4.98 Å². The van der Waals surface area contributed by atoms with Crippen LogP contribution in [0.25, 0.3) is 11.3 Å². The summed E-state index contributed by atoms with van der Waals surface area (Å²) in [6, 6.07) is 10.1. The summed E-state index contributed by atoms with van der Waals surface area (Å²) in [4.78, 5) is 27.6. The Bertz CT molecular complexity index is 731. The van der Waals surface area contributed by atoms with Crippen LogP contribution in [0.15, 0.2) is 41.5 Å². The SMILES string of the molecule is CN=C(NCc1ncc(-c2ccccc2)[nH]1)N1CCN(C(C)=O)CC1. The summed E-state index contributed by atoms with van der Waals surface area (Å²) in [5, 5.41) is 3.34. The summed E-state index contributed by atoms with van der Waals surface area (Å²) >= 11 is 0. The highest BCUT2D eigenvalue weighted by Gasteiger charge is 2.20. The third kappa shape index (κ3) is 4.17. The number of benzene rings is 1. The van der Waals surface area contributed by atoms with Crippen LogP contribution in [0.1, 0.15) is 12.7 Å². The number of aliphatic imine (C=N–C) groups is 1. The minimum absolute atomic E-state index is 0.131. The molecule has 1 fully saturated rings. The molecule has 2 aromatic rings.